The molecular formula is C20H23ClN2O2. The lowest BCUT2D eigenvalue weighted by atomic mass is 10.0. The molecule has 0 spiro atoms. The van der Waals surface area contributed by atoms with E-state index in [4.69, 9.17) is 11.6 Å². The van der Waals surface area contributed by atoms with Crippen LogP contribution in [-0.2, 0) is 16.0 Å². The second kappa shape index (κ2) is 8.17. The number of nitrogens with one attached hydrogen (secondary N) is 1. The highest BCUT2D eigenvalue weighted by Crippen LogP contribution is 2.27. The number of para-hydroxylation sites is 1. The van der Waals surface area contributed by atoms with Crippen LogP contribution >= 0.6 is 11.6 Å². The van der Waals surface area contributed by atoms with Gasteiger partial charge in [-0.1, -0.05) is 42.8 Å². The number of benzene rings is 2. The molecule has 0 unspecified atom stereocenters. The summed E-state index contributed by atoms with van der Waals surface area (Å²) in [5.74, 6) is -0.423. The summed E-state index contributed by atoms with van der Waals surface area (Å²) in [6.45, 7) is 7.26. The van der Waals surface area contributed by atoms with Crippen molar-refractivity contribution in [2.24, 2.45) is 0 Å². The molecule has 2 aromatic rings. The van der Waals surface area contributed by atoms with Gasteiger partial charge in [0.2, 0.25) is 11.8 Å². The molecule has 0 saturated carbocycles. The number of carbonyl (C=O) groups is 2. The maximum absolute atomic E-state index is 12.5. The normalized spacial score (nSPS) is 10.4. The van der Waals surface area contributed by atoms with Gasteiger partial charge in [-0.05, 0) is 49.1 Å². The van der Waals surface area contributed by atoms with Gasteiger partial charge in [0.15, 0.2) is 0 Å². The van der Waals surface area contributed by atoms with Gasteiger partial charge in [0, 0.05) is 17.6 Å². The lowest BCUT2D eigenvalue weighted by molar-refractivity contribution is -0.120. The third-order valence-corrected chi connectivity index (χ3v) is 4.61. The van der Waals surface area contributed by atoms with Gasteiger partial charge in [0.1, 0.15) is 6.54 Å². The number of rotatable bonds is 5. The molecule has 0 aliphatic rings. The highest BCUT2D eigenvalue weighted by atomic mass is 35.5. The van der Waals surface area contributed by atoms with Crippen molar-refractivity contribution in [3.8, 4) is 0 Å². The quantitative estimate of drug-likeness (QED) is 0.854. The van der Waals surface area contributed by atoms with E-state index in [0.717, 1.165) is 28.8 Å². The van der Waals surface area contributed by atoms with E-state index in [9.17, 15) is 9.59 Å². The Balaban J connectivity index is 2.27. The second-order valence-corrected chi connectivity index (χ2v) is 6.41. The SMILES string of the molecule is CCc1cccc(C)c1N(CC(=O)Nc1cccc(Cl)c1C)C(C)=O. The number of halogens is 1. The molecule has 0 aliphatic carbocycles. The van der Waals surface area contributed by atoms with E-state index in [2.05, 4.69) is 5.32 Å². The summed E-state index contributed by atoms with van der Waals surface area (Å²) in [6, 6.07) is 11.2. The fourth-order valence-corrected chi connectivity index (χ4v) is 2.99. The van der Waals surface area contributed by atoms with Crippen LogP contribution in [0.4, 0.5) is 11.4 Å². The smallest absolute Gasteiger partial charge is 0.244 e. The van der Waals surface area contributed by atoms with Crippen molar-refractivity contribution >= 4 is 34.8 Å². The molecule has 0 fully saturated rings. The Labute approximate surface area is 153 Å². The maximum Gasteiger partial charge on any atom is 0.244 e. The van der Waals surface area contributed by atoms with E-state index < -0.39 is 0 Å². The monoisotopic (exact) mass is 358 g/mol. The molecule has 2 amide bonds. The van der Waals surface area contributed by atoms with Gasteiger partial charge in [0.25, 0.3) is 0 Å². The minimum absolute atomic E-state index is 0.0425. The molecular weight excluding hydrogens is 336 g/mol. The third-order valence-electron chi connectivity index (χ3n) is 4.20. The van der Waals surface area contributed by atoms with Crippen molar-refractivity contribution < 1.29 is 9.59 Å². The van der Waals surface area contributed by atoms with Crippen molar-refractivity contribution in [2.75, 3.05) is 16.8 Å². The minimum Gasteiger partial charge on any atom is -0.324 e. The largest absolute Gasteiger partial charge is 0.324 e. The average Bonchev–Trinajstić information content (AvgIpc) is 2.57. The van der Waals surface area contributed by atoms with Gasteiger partial charge < -0.3 is 10.2 Å². The molecule has 0 atom stereocenters. The topological polar surface area (TPSA) is 49.4 Å². The van der Waals surface area contributed by atoms with Gasteiger partial charge >= 0.3 is 0 Å². The predicted octanol–water partition coefficient (Wildman–Crippen LogP) is 4.51. The molecule has 1 N–H and O–H groups in total. The van der Waals surface area contributed by atoms with E-state index in [-0.39, 0.29) is 18.4 Å². The molecule has 0 heterocycles. The lowest BCUT2D eigenvalue weighted by Crippen LogP contribution is -2.37. The Kier molecular flexibility index (Phi) is 6.21. The van der Waals surface area contributed by atoms with Crippen LogP contribution < -0.4 is 10.2 Å². The Morgan fingerprint density at radius 1 is 1.12 bits per heavy atom. The van der Waals surface area contributed by atoms with E-state index >= 15 is 0 Å². The molecule has 5 heteroatoms. The van der Waals surface area contributed by atoms with E-state index in [1.54, 1.807) is 18.2 Å². The van der Waals surface area contributed by atoms with Crippen LogP contribution in [0.5, 0.6) is 0 Å². The number of amides is 2. The van der Waals surface area contributed by atoms with E-state index in [1.807, 2.05) is 39.0 Å². The van der Waals surface area contributed by atoms with Crippen molar-refractivity contribution in [3.63, 3.8) is 0 Å². The first-order chi connectivity index (χ1) is 11.8. The highest BCUT2D eigenvalue weighted by molar-refractivity contribution is 6.31. The number of hydrogen-bond donors (Lipinski definition) is 1. The maximum atomic E-state index is 12.5. The number of anilines is 2. The van der Waals surface area contributed by atoms with Crippen molar-refractivity contribution in [1.82, 2.24) is 0 Å². The van der Waals surface area contributed by atoms with Crippen LogP contribution in [0.3, 0.4) is 0 Å². The molecule has 0 radical (unpaired) electrons. The van der Waals surface area contributed by atoms with Gasteiger partial charge in [-0.15, -0.1) is 0 Å². The molecule has 2 aromatic carbocycles. The van der Waals surface area contributed by atoms with Crippen LogP contribution in [0, 0.1) is 13.8 Å². The second-order valence-electron chi connectivity index (χ2n) is 6.00. The molecule has 25 heavy (non-hydrogen) atoms. The first-order valence-corrected chi connectivity index (χ1v) is 8.64. The van der Waals surface area contributed by atoms with Crippen LogP contribution in [0.15, 0.2) is 36.4 Å². The highest BCUT2D eigenvalue weighted by Gasteiger charge is 2.20. The summed E-state index contributed by atoms with van der Waals surface area (Å²) in [6.07, 6.45) is 0.788. The van der Waals surface area contributed by atoms with Gasteiger partial charge in [0.05, 0.1) is 5.69 Å². The van der Waals surface area contributed by atoms with E-state index in [1.165, 1.54) is 11.8 Å². The van der Waals surface area contributed by atoms with Crippen molar-refractivity contribution in [3.05, 3.63) is 58.1 Å². The van der Waals surface area contributed by atoms with Crippen molar-refractivity contribution in [2.45, 2.75) is 34.1 Å². The first-order valence-electron chi connectivity index (χ1n) is 8.26. The van der Waals surface area contributed by atoms with E-state index in [0.29, 0.717) is 10.7 Å². The zero-order chi connectivity index (χ0) is 18.6. The Hall–Kier alpha value is -2.33. The molecule has 0 bridgehead atoms. The van der Waals surface area contributed by atoms with Gasteiger partial charge in [-0.25, -0.2) is 0 Å². The number of hydrogen-bond acceptors (Lipinski definition) is 2. The fraction of sp³-hybridized carbons (Fsp3) is 0.300. The molecule has 4 nitrogen and oxygen atoms in total. The number of carbonyl (C=O) groups excluding carboxylic acids is 2. The summed E-state index contributed by atoms with van der Waals surface area (Å²) in [5, 5.41) is 3.44. The van der Waals surface area contributed by atoms with Crippen LogP contribution in [0.25, 0.3) is 0 Å². The summed E-state index contributed by atoms with van der Waals surface area (Å²) >= 11 is 6.09. The summed E-state index contributed by atoms with van der Waals surface area (Å²) in [7, 11) is 0. The molecule has 0 saturated heterocycles. The third kappa shape index (κ3) is 4.40. The van der Waals surface area contributed by atoms with Crippen molar-refractivity contribution in [1.29, 1.82) is 0 Å². The molecule has 132 valence electrons. The van der Waals surface area contributed by atoms with Crippen LogP contribution in [0.1, 0.15) is 30.5 Å². The lowest BCUT2D eigenvalue weighted by Gasteiger charge is -2.25. The molecule has 0 aliphatic heterocycles. The Morgan fingerprint density at radius 3 is 2.44 bits per heavy atom. The minimum atomic E-state index is -0.258. The first kappa shape index (κ1) is 19.0. The zero-order valence-corrected chi connectivity index (χ0v) is 15.8. The predicted molar refractivity (Wildman–Crippen MR) is 103 cm³/mol. The summed E-state index contributed by atoms with van der Waals surface area (Å²) in [4.78, 5) is 26.3. The molecule has 0 aromatic heterocycles. The van der Waals surface area contributed by atoms with Crippen LogP contribution in [0.2, 0.25) is 5.02 Å². The zero-order valence-electron chi connectivity index (χ0n) is 15.0. The van der Waals surface area contributed by atoms with Gasteiger partial charge in [-0.2, -0.15) is 0 Å². The fourth-order valence-electron chi connectivity index (χ4n) is 2.82. The number of aryl methyl sites for hydroxylation is 2. The average molecular weight is 359 g/mol. The summed E-state index contributed by atoms with van der Waals surface area (Å²) in [5.41, 5.74) is 4.29. The standard InChI is InChI=1S/C20H23ClN2O2/c1-5-16-9-6-8-13(2)20(16)23(15(4)24)12-19(25)22-18-11-7-10-17(21)14(18)3/h6-11H,5,12H2,1-4H3,(H,22,25). The molecule has 2 rings (SSSR count). The summed E-state index contributed by atoms with van der Waals surface area (Å²) < 4.78 is 0. The Morgan fingerprint density at radius 2 is 1.80 bits per heavy atom. The number of nitrogens with zero attached hydrogens (tertiary/aromatic N) is 1. The Bertz CT molecular complexity index is 802. The van der Waals surface area contributed by atoms with Gasteiger partial charge in [-0.3, -0.25) is 9.59 Å². The van der Waals surface area contributed by atoms with Crippen LogP contribution in [-0.4, -0.2) is 18.4 Å².